The summed E-state index contributed by atoms with van der Waals surface area (Å²) in [5.74, 6) is 0.516. The number of aryl methyl sites for hydroxylation is 1. The number of ether oxygens (including phenoxy) is 2. The van der Waals surface area contributed by atoms with Gasteiger partial charge in [0.2, 0.25) is 0 Å². The normalized spacial score (nSPS) is 10.2. The Morgan fingerprint density at radius 1 is 1.17 bits per heavy atom. The van der Waals surface area contributed by atoms with Gasteiger partial charge in [-0.2, -0.15) is 0 Å². The summed E-state index contributed by atoms with van der Waals surface area (Å²) in [5.41, 5.74) is 2.00. The predicted molar refractivity (Wildman–Crippen MR) is 86.1 cm³/mol. The van der Waals surface area contributed by atoms with E-state index < -0.39 is 5.82 Å². The summed E-state index contributed by atoms with van der Waals surface area (Å²) in [6.45, 7) is 4.77. The lowest BCUT2D eigenvalue weighted by molar-refractivity contribution is -0.123. The molecule has 2 aromatic rings. The third-order valence-corrected chi connectivity index (χ3v) is 3.19. The van der Waals surface area contributed by atoms with Gasteiger partial charge in [0.1, 0.15) is 17.3 Å². The average Bonchev–Trinajstić information content (AvgIpc) is 2.53. The number of hydrogen-bond donors (Lipinski definition) is 1. The molecule has 0 fully saturated rings. The highest BCUT2D eigenvalue weighted by Crippen LogP contribution is 2.19. The van der Waals surface area contributed by atoms with Gasteiger partial charge in [0.25, 0.3) is 5.91 Å². The number of halogens is 1. The number of carbonyl (C=O) groups is 1. The van der Waals surface area contributed by atoms with Gasteiger partial charge in [0.05, 0.1) is 6.61 Å². The third kappa shape index (κ3) is 5.29. The molecule has 0 heterocycles. The number of rotatable bonds is 7. The van der Waals surface area contributed by atoms with Crippen LogP contribution in [0.4, 0.5) is 4.39 Å². The number of carbonyl (C=O) groups excluding carboxylic acids is 1. The Labute approximate surface area is 135 Å². The van der Waals surface area contributed by atoms with E-state index in [9.17, 15) is 9.18 Å². The summed E-state index contributed by atoms with van der Waals surface area (Å²) < 4.78 is 23.7. The average molecular weight is 317 g/mol. The highest BCUT2D eigenvalue weighted by molar-refractivity contribution is 5.77. The maximum atomic E-state index is 13.0. The molecule has 0 atom stereocenters. The molecule has 0 aliphatic heterocycles. The topological polar surface area (TPSA) is 47.6 Å². The molecular weight excluding hydrogens is 297 g/mol. The van der Waals surface area contributed by atoms with Crippen LogP contribution in [0.25, 0.3) is 0 Å². The Hall–Kier alpha value is -2.56. The first-order valence-electron chi connectivity index (χ1n) is 7.46. The maximum absolute atomic E-state index is 13.0. The molecule has 5 heteroatoms. The summed E-state index contributed by atoms with van der Waals surface area (Å²) in [4.78, 5) is 11.8. The quantitative estimate of drug-likeness (QED) is 0.853. The SMILES string of the molecule is CCOc1ccc(CNC(=O)COc2cccc(F)c2)cc1C. The zero-order valence-electron chi connectivity index (χ0n) is 13.3. The van der Waals surface area contributed by atoms with E-state index in [1.807, 2.05) is 32.0 Å². The Morgan fingerprint density at radius 2 is 2.00 bits per heavy atom. The van der Waals surface area contributed by atoms with Crippen molar-refractivity contribution >= 4 is 5.91 Å². The van der Waals surface area contributed by atoms with Crippen molar-refractivity contribution in [3.63, 3.8) is 0 Å². The molecule has 4 nitrogen and oxygen atoms in total. The highest BCUT2D eigenvalue weighted by Gasteiger charge is 2.05. The van der Waals surface area contributed by atoms with E-state index in [0.29, 0.717) is 18.9 Å². The van der Waals surface area contributed by atoms with Crippen LogP contribution in [0.1, 0.15) is 18.1 Å². The van der Waals surface area contributed by atoms with Gasteiger partial charge >= 0.3 is 0 Å². The van der Waals surface area contributed by atoms with Crippen molar-refractivity contribution in [3.8, 4) is 11.5 Å². The molecule has 23 heavy (non-hydrogen) atoms. The first-order valence-corrected chi connectivity index (χ1v) is 7.46. The van der Waals surface area contributed by atoms with Gasteiger partial charge < -0.3 is 14.8 Å². The van der Waals surface area contributed by atoms with Crippen molar-refractivity contribution < 1.29 is 18.7 Å². The molecule has 0 spiro atoms. The monoisotopic (exact) mass is 317 g/mol. The Balaban J connectivity index is 1.81. The molecule has 1 amide bonds. The van der Waals surface area contributed by atoms with Crippen molar-refractivity contribution in [3.05, 3.63) is 59.4 Å². The van der Waals surface area contributed by atoms with Crippen molar-refractivity contribution in [2.45, 2.75) is 20.4 Å². The largest absolute Gasteiger partial charge is 0.494 e. The summed E-state index contributed by atoms with van der Waals surface area (Å²) in [5, 5.41) is 2.76. The van der Waals surface area contributed by atoms with Gasteiger partial charge in [-0.3, -0.25) is 4.79 Å². The van der Waals surface area contributed by atoms with Crippen LogP contribution in [0, 0.1) is 12.7 Å². The zero-order chi connectivity index (χ0) is 16.7. The number of benzene rings is 2. The molecule has 122 valence electrons. The van der Waals surface area contributed by atoms with Crippen LogP contribution in [-0.2, 0) is 11.3 Å². The van der Waals surface area contributed by atoms with E-state index in [-0.39, 0.29) is 12.5 Å². The lowest BCUT2D eigenvalue weighted by Crippen LogP contribution is -2.28. The van der Waals surface area contributed by atoms with Crippen molar-refractivity contribution in [2.24, 2.45) is 0 Å². The van der Waals surface area contributed by atoms with Crippen LogP contribution in [0.5, 0.6) is 11.5 Å². The Morgan fingerprint density at radius 3 is 2.70 bits per heavy atom. The lowest BCUT2D eigenvalue weighted by atomic mass is 10.1. The Bertz CT molecular complexity index is 673. The molecule has 0 aliphatic rings. The van der Waals surface area contributed by atoms with Gasteiger partial charge in [-0.25, -0.2) is 4.39 Å². The van der Waals surface area contributed by atoms with Crippen LogP contribution in [-0.4, -0.2) is 19.1 Å². The van der Waals surface area contributed by atoms with Gasteiger partial charge in [0, 0.05) is 12.6 Å². The second-order valence-corrected chi connectivity index (χ2v) is 5.06. The van der Waals surface area contributed by atoms with Crippen LogP contribution in [0.2, 0.25) is 0 Å². The fraction of sp³-hybridized carbons (Fsp3) is 0.278. The standard InChI is InChI=1S/C18H20FNO3/c1-3-22-17-8-7-14(9-13(17)2)11-20-18(21)12-23-16-6-4-5-15(19)10-16/h4-10H,3,11-12H2,1-2H3,(H,20,21). The van der Waals surface area contributed by atoms with E-state index in [2.05, 4.69) is 5.32 Å². The second kappa shape index (κ2) is 8.17. The fourth-order valence-corrected chi connectivity index (χ4v) is 2.10. The molecule has 0 aliphatic carbocycles. The predicted octanol–water partition coefficient (Wildman–Crippen LogP) is 3.23. The third-order valence-electron chi connectivity index (χ3n) is 3.19. The highest BCUT2D eigenvalue weighted by atomic mass is 19.1. The first-order chi connectivity index (χ1) is 11.1. The van der Waals surface area contributed by atoms with Crippen molar-refractivity contribution in [2.75, 3.05) is 13.2 Å². The molecule has 0 bridgehead atoms. The number of hydrogen-bond acceptors (Lipinski definition) is 3. The van der Waals surface area contributed by atoms with Gasteiger partial charge in [0.15, 0.2) is 6.61 Å². The molecule has 2 rings (SSSR count). The summed E-state index contributed by atoms with van der Waals surface area (Å²) in [6, 6.07) is 11.5. The van der Waals surface area contributed by atoms with Gasteiger partial charge in [-0.05, 0) is 43.2 Å². The van der Waals surface area contributed by atoms with Crippen LogP contribution in [0.15, 0.2) is 42.5 Å². The second-order valence-electron chi connectivity index (χ2n) is 5.06. The lowest BCUT2D eigenvalue weighted by Gasteiger charge is -2.10. The van der Waals surface area contributed by atoms with Crippen LogP contribution < -0.4 is 14.8 Å². The molecule has 0 radical (unpaired) electrons. The fourth-order valence-electron chi connectivity index (χ4n) is 2.10. The minimum absolute atomic E-state index is 0.153. The van der Waals surface area contributed by atoms with E-state index in [4.69, 9.17) is 9.47 Å². The van der Waals surface area contributed by atoms with Crippen molar-refractivity contribution in [1.29, 1.82) is 0 Å². The minimum Gasteiger partial charge on any atom is -0.494 e. The molecule has 1 N–H and O–H groups in total. The van der Waals surface area contributed by atoms with Crippen LogP contribution in [0.3, 0.4) is 0 Å². The molecule has 2 aromatic carbocycles. The molecule has 0 aromatic heterocycles. The minimum atomic E-state index is -0.396. The zero-order valence-corrected chi connectivity index (χ0v) is 13.3. The van der Waals surface area contributed by atoms with E-state index in [0.717, 1.165) is 16.9 Å². The van der Waals surface area contributed by atoms with E-state index in [1.54, 1.807) is 6.07 Å². The molecular formula is C18H20FNO3. The smallest absolute Gasteiger partial charge is 0.258 e. The van der Waals surface area contributed by atoms with Crippen LogP contribution >= 0.6 is 0 Å². The Kier molecular flexibility index (Phi) is 5.97. The number of nitrogens with one attached hydrogen (secondary N) is 1. The van der Waals surface area contributed by atoms with E-state index >= 15 is 0 Å². The summed E-state index contributed by atoms with van der Waals surface area (Å²) >= 11 is 0. The van der Waals surface area contributed by atoms with Crippen molar-refractivity contribution in [1.82, 2.24) is 5.32 Å². The number of amides is 1. The molecule has 0 saturated carbocycles. The summed E-state index contributed by atoms with van der Waals surface area (Å²) in [7, 11) is 0. The first kappa shape index (κ1) is 16.8. The molecule has 0 saturated heterocycles. The van der Waals surface area contributed by atoms with E-state index in [1.165, 1.54) is 18.2 Å². The molecule has 0 unspecified atom stereocenters. The maximum Gasteiger partial charge on any atom is 0.258 e. The van der Waals surface area contributed by atoms with Gasteiger partial charge in [-0.1, -0.05) is 18.2 Å². The van der Waals surface area contributed by atoms with Gasteiger partial charge in [-0.15, -0.1) is 0 Å². The summed E-state index contributed by atoms with van der Waals surface area (Å²) in [6.07, 6.45) is 0.